The number of hydrogen-bond donors (Lipinski definition) is 6. The van der Waals surface area contributed by atoms with Crippen molar-refractivity contribution in [1.29, 1.82) is 0 Å². The van der Waals surface area contributed by atoms with Crippen molar-refractivity contribution >= 4 is 43.1 Å². The van der Waals surface area contributed by atoms with E-state index in [1.807, 2.05) is 66.7 Å². The molecule has 6 nitrogen and oxygen atoms in total. The summed E-state index contributed by atoms with van der Waals surface area (Å²) in [5, 5.41) is 63.0. The number of rotatable bonds is 4. The molecule has 0 aliphatic heterocycles. The largest absolute Gasteiger partial charge is 0.508 e. The Bertz CT molecular complexity index is 2820. The molecule has 352 valence electrons. The van der Waals surface area contributed by atoms with Gasteiger partial charge in [-0.25, -0.2) is 0 Å². The van der Waals surface area contributed by atoms with E-state index in [0.29, 0.717) is 22.3 Å². The molecule has 6 heteroatoms. The van der Waals surface area contributed by atoms with Crippen LogP contribution >= 0.6 is 0 Å². The molecule has 10 rings (SSSR count). The SMILES string of the molecule is C.C.CCc1ccc(CC)cc1.CCc1ccc(CC)cc1.Oc1ccc2c(O)cccc2c1.Oc1ccc2ccccc2c1.Oc1ccc2ccccc2c1.Oc1cccc2c(O)cccc12. The average Bonchev–Trinajstić information content (AvgIpc) is 3.35. The van der Waals surface area contributed by atoms with E-state index in [9.17, 15) is 15.3 Å². The van der Waals surface area contributed by atoms with Crippen LogP contribution in [-0.2, 0) is 25.7 Å². The Morgan fingerprint density at radius 2 is 0.529 bits per heavy atom. The topological polar surface area (TPSA) is 121 Å². The molecule has 0 saturated heterocycles. The molecule has 10 aromatic carbocycles. The highest BCUT2D eigenvalue weighted by molar-refractivity contribution is 5.92. The van der Waals surface area contributed by atoms with Crippen LogP contribution in [0.3, 0.4) is 0 Å². The van der Waals surface area contributed by atoms with Crippen molar-refractivity contribution in [3.63, 3.8) is 0 Å². The third-order valence-corrected chi connectivity index (χ3v) is 10.9. The van der Waals surface area contributed by atoms with Gasteiger partial charge in [-0.1, -0.05) is 188 Å². The molecule has 68 heavy (non-hydrogen) atoms. The zero-order valence-corrected chi connectivity index (χ0v) is 38.1. The van der Waals surface area contributed by atoms with Crippen LogP contribution in [0.25, 0.3) is 43.1 Å². The maximum atomic E-state index is 9.38. The number of aryl methyl sites for hydroxylation is 4. The van der Waals surface area contributed by atoms with Crippen LogP contribution in [0.15, 0.2) is 206 Å². The summed E-state index contributed by atoms with van der Waals surface area (Å²) >= 11 is 0. The van der Waals surface area contributed by atoms with Crippen LogP contribution in [-0.4, -0.2) is 30.6 Å². The van der Waals surface area contributed by atoms with E-state index in [1.54, 1.807) is 91.0 Å². The van der Waals surface area contributed by atoms with Crippen LogP contribution in [0.1, 0.15) is 64.8 Å². The maximum Gasteiger partial charge on any atom is 0.123 e. The first-order chi connectivity index (χ1) is 32.0. The third-order valence-electron chi connectivity index (χ3n) is 10.9. The van der Waals surface area contributed by atoms with Crippen LogP contribution in [0.4, 0.5) is 0 Å². The van der Waals surface area contributed by atoms with Crippen molar-refractivity contribution in [3.8, 4) is 34.5 Å². The molecule has 0 unspecified atom stereocenters. The van der Waals surface area contributed by atoms with Gasteiger partial charge >= 0.3 is 0 Å². The van der Waals surface area contributed by atoms with Gasteiger partial charge in [0.15, 0.2) is 0 Å². The smallest absolute Gasteiger partial charge is 0.123 e. The van der Waals surface area contributed by atoms with Gasteiger partial charge in [0.25, 0.3) is 0 Å². The summed E-state index contributed by atoms with van der Waals surface area (Å²) < 4.78 is 0. The molecule has 0 amide bonds. The minimum atomic E-state index is 0. The summed E-state index contributed by atoms with van der Waals surface area (Å²) in [6.07, 6.45) is 4.57. The molecular weight excluding hydrogens is 841 g/mol. The Morgan fingerprint density at radius 3 is 0.882 bits per heavy atom. The molecule has 0 radical (unpaired) electrons. The fourth-order valence-corrected chi connectivity index (χ4v) is 6.91. The van der Waals surface area contributed by atoms with E-state index in [2.05, 4.69) is 76.2 Å². The summed E-state index contributed by atoms with van der Waals surface area (Å²) in [5.74, 6) is 1.50. The van der Waals surface area contributed by atoms with Crippen molar-refractivity contribution in [3.05, 3.63) is 229 Å². The molecule has 0 saturated carbocycles. The second-order valence-electron chi connectivity index (χ2n) is 15.4. The average molecular weight is 909 g/mol. The Kier molecular flexibility index (Phi) is 22.5. The quantitative estimate of drug-likeness (QED) is 0.105. The molecule has 0 aliphatic rings. The molecule has 0 bridgehead atoms. The lowest BCUT2D eigenvalue weighted by Gasteiger charge is -2.01. The van der Waals surface area contributed by atoms with Gasteiger partial charge in [-0.2, -0.15) is 0 Å². The minimum absolute atomic E-state index is 0. The number of phenolic OH excluding ortho intramolecular Hbond substituents is 6. The molecule has 0 atom stereocenters. The van der Waals surface area contributed by atoms with Gasteiger partial charge in [-0.05, 0) is 136 Å². The monoisotopic (exact) mass is 909 g/mol. The van der Waals surface area contributed by atoms with E-state index in [4.69, 9.17) is 15.3 Å². The van der Waals surface area contributed by atoms with Gasteiger partial charge < -0.3 is 30.6 Å². The van der Waals surface area contributed by atoms with E-state index in [1.165, 1.54) is 22.3 Å². The van der Waals surface area contributed by atoms with Crippen molar-refractivity contribution in [2.75, 3.05) is 0 Å². The summed E-state index contributed by atoms with van der Waals surface area (Å²) in [4.78, 5) is 0. The van der Waals surface area contributed by atoms with Crippen molar-refractivity contribution in [1.82, 2.24) is 0 Å². The van der Waals surface area contributed by atoms with E-state index < -0.39 is 0 Å². The lowest BCUT2D eigenvalue weighted by Crippen LogP contribution is -1.81. The van der Waals surface area contributed by atoms with E-state index in [0.717, 1.165) is 58.0 Å². The number of hydrogen-bond acceptors (Lipinski definition) is 6. The number of phenols is 6. The summed E-state index contributed by atoms with van der Waals surface area (Å²) in [6.45, 7) is 8.73. The lowest BCUT2D eigenvalue weighted by atomic mass is 10.1. The first-order valence-corrected chi connectivity index (χ1v) is 22.3. The third kappa shape index (κ3) is 16.5. The lowest BCUT2D eigenvalue weighted by molar-refractivity contribution is 0.474. The summed E-state index contributed by atoms with van der Waals surface area (Å²) in [5.41, 5.74) is 5.71. The fourth-order valence-electron chi connectivity index (χ4n) is 6.91. The Balaban J connectivity index is 0.000000215. The predicted octanol–water partition coefficient (Wildman–Crippen LogP) is 16.5. The Morgan fingerprint density at radius 1 is 0.250 bits per heavy atom. The molecule has 0 aliphatic carbocycles. The van der Waals surface area contributed by atoms with Gasteiger partial charge in [-0.15, -0.1) is 0 Å². The van der Waals surface area contributed by atoms with Gasteiger partial charge in [0.1, 0.15) is 34.5 Å². The summed E-state index contributed by atoms with van der Waals surface area (Å²) in [7, 11) is 0. The highest BCUT2D eigenvalue weighted by atomic mass is 16.3. The normalized spacial score (nSPS) is 9.82. The second kappa shape index (κ2) is 28.2. The first kappa shape index (κ1) is 54.4. The Labute approximate surface area is 403 Å². The fraction of sp³-hybridized carbons (Fsp3) is 0.161. The zero-order valence-electron chi connectivity index (χ0n) is 38.1. The van der Waals surface area contributed by atoms with Gasteiger partial charge in [0.05, 0.1) is 0 Å². The number of aromatic hydroxyl groups is 6. The molecule has 0 heterocycles. The standard InChI is InChI=1S/2C10H8O2.2C10H8O.2C10H14.2CH4/c11-9-5-1-3-7-8(9)4-2-6-10(7)12;11-8-4-5-9-7(6-8)2-1-3-10(9)12;2*11-10-6-5-8-3-1-2-4-9(8)7-10;2*1-3-9-5-7-10(4-2)8-6-9;;/h2*1-6,11-12H;2*1-7,11H;2*5-8H,3-4H2,1-2H3;2*1H4. The van der Waals surface area contributed by atoms with Crippen LogP contribution < -0.4 is 0 Å². The zero-order chi connectivity index (χ0) is 47.3. The number of fused-ring (bicyclic) bond motifs is 4. The van der Waals surface area contributed by atoms with Crippen molar-refractivity contribution in [2.45, 2.75) is 68.2 Å². The molecule has 0 fully saturated rings. The second-order valence-corrected chi connectivity index (χ2v) is 15.4. The van der Waals surface area contributed by atoms with Gasteiger partial charge in [0, 0.05) is 16.2 Å². The van der Waals surface area contributed by atoms with Crippen molar-refractivity contribution in [2.24, 2.45) is 0 Å². The van der Waals surface area contributed by atoms with Crippen LogP contribution in [0.5, 0.6) is 34.5 Å². The predicted molar refractivity (Wildman–Crippen MR) is 290 cm³/mol. The highest BCUT2D eigenvalue weighted by Crippen LogP contribution is 2.30. The van der Waals surface area contributed by atoms with E-state index in [-0.39, 0.29) is 37.9 Å². The molecule has 0 aromatic heterocycles. The Hall–Kier alpha value is -7.96. The molecule has 0 spiro atoms. The first-order valence-electron chi connectivity index (χ1n) is 22.3. The van der Waals surface area contributed by atoms with Crippen molar-refractivity contribution < 1.29 is 30.6 Å². The van der Waals surface area contributed by atoms with Gasteiger partial charge in [0.2, 0.25) is 0 Å². The maximum absolute atomic E-state index is 9.38. The van der Waals surface area contributed by atoms with Gasteiger partial charge in [-0.3, -0.25) is 0 Å². The highest BCUT2D eigenvalue weighted by Gasteiger charge is 2.01. The molecular formula is C62H68O6. The summed E-state index contributed by atoms with van der Waals surface area (Å²) in [6, 6.07) is 64.5. The molecule has 6 N–H and O–H groups in total. The van der Waals surface area contributed by atoms with E-state index >= 15 is 0 Å². The number of benzene rings is 10. The minimum Gasteiger partial charge on any atom is -0.508 e. The molecule has 10 aromatic rings. The van der Waals surface area contributed by atoms with Crippen LogP contribution in [0.2, 0.25) is 0 Å². The van der Waals surface area contributed by atoms with Crippen LogP contribution in [0, 0.1) is 0 Å².